The molecule has 62 valence electrons. The maximum absolute atomic E-state index is 5.95. The monoisotopic (exact) mass is 217 g/mol. The van der Waals surface area contributed by atoms with Crippen LogP contribution in [0.5, 0.6) is 0 Å². The minimum atomic E-state index is 0.519. The van der Waals surface area contributed by atoms with Gasteiger partial charge < -0.3 is 5.73 Å². The molecule has 0 aliphatic rings. The average Bonchev–Trinajstić information content (AvgIpc) is 2.48. The number of fused-ring (bicyclic) bond motifs is 1. The number of halogens is 2. The zero-order chi connectivity index (χ0) is 8.72. The second-order valence-corrected chi connectivity index (χ2v) is 4.15. The van der Waals surface area contributed by atoms with Crippen LogP contribution in [0.3, 0.4) is 0 Å². The van der Waals surface area contributed by atoms with E-state index in [-0.39, 0.29) is 0 Å². The van der Waals surface area contributed by atoms with E-state index in [9.17, 15) is 0 Å². The van der Waals surface area contributed by atoms with Crippen molar-refractivity contribution in [2.45, 2.75) is 0 Å². The molecule has 4 heteroatoms. The quantitative estimate of drug-likeness (QED) is 0.669. The number of hydrogen-bond donors (Lipinski definition) is 1. The molecule has 0 atom stereocenters. The number of thiophene rings is 1. The van der Waals surface area contributed by atoms with E-state index in [2.05, 4.69) is 0 Å². The molecule has 12 heavy (non-hydrogen) atoms. The van der Waals surface area contributed by atoms with Crippen LogP contribution in [0.15, 0.2) is 17.5 Å². The van der Waals surface area contributed by atoms with Crippen LogP contribution in [0.2, 0.25) is 10.0 Å². The van der Waals surface area contributed by atoms with Crippen LogP contribution in [0, 0.1) is 0 Å². The fourth-order valence-corrected chi connectivity index (χ4v) is 2.52. The third-order valence-corrected chi connectivity index (χ3v) is 3.35. The molecule has 0 fully saturated rings. The Morgan fingerprint density at radius 2 is 2.00 bits per heavy atom. The largest absolute Gasteiger partial charge is 0.397 e. The first-order valence-electron chi connectivity index (χ1n) is 3.31. The van der Waals surface area contributed by atoms with Crippen molar-refractivity contribution in [3.8, 4) is 0 Å². The van der Waals surface area contributed by atoms with E-state index in [1.165, 1.54) is 0 Å². The third kappa shape index (κ3) is 1.07. The van der Waals surface area contributed by atoms with Crippen molar-refractivity contribution in [3.05, 3.63) is 27.6 Å². The van der Waals surface area contributed by atoms with Crippen molar-refractivity contribution in [2.24, 2.45) is 0 Å². The van der Waals surface area contributed by atoms with Crippen LogP contribution in [0.25, 0.3) is 10.1 Å². The lowest BCUT2D eigenvalue weighted by atomic mass is 10.2. The van der Waals surface area contributed by atoms with Gasteiger partial charge in [0, 0.05) is 5.39 Å². The number of hydrogen-bond acceptors (Lipinski definition) is 2. The Morgan fingerprint density at radius 3 is 2.75 bits per heavy atom. The SMILES string of the molecule is Nc1c(Cl)cc(Cl)c2sccc12. The molecule has 1 nitrogen and oxygen atoms in total. The summed E-state index contributed by atoms with van der Waals surface area (Å²) < 4.78 is 0.999. The van der Waals surface area contributed by atoms with Gasteiger partial charge >= 0.3 is 0 Å². The molecule has 0 amide bonds. The van der Waals surface area contributed by atoms with E-state index in [0.29, 0.717) is 15.7 Å². The molecular formula is C8H5Cl2NS. The van der Waals surface area contributed by atoms with Crippen molar-refractivity contribution in [1.82, 2.24) is 0 Å². The minimum absolute atomic E-state index is 0.519. The molecule has 1 aromatic carbocycles. The standard InChI is InChI=1S/C8H5Cl2NS/c9-5-3-6(10)8-4(7(5)11)1-2-12-8/h1-3H,11H2. The second kappa shape index (κ2) is 2.80. The van der Waals surface area contributed by atoms with Gasteiger partial charge in [-0.15, -0.1) is 11.3 Å². The summed E-state index contributed by atoms with van der Waals surface area (Å²) in [6.45, 7) is 0. The van der Waals surface area contributed by atoms with Gasteiger partial charge in [-0.1, -0.05) is 23.2 Å². The average molecular weight is 218 g/mol. The summed E-state index contributed by atoms with van der Waals surface area (Å²) in [4.78, 5) is 0. The Hall–Kier alpha value is -0.440. The van der Waals surface area contributed by atoms with E-state index >= 15 is 0 Å². The highest BCUT2D eigenvalue weighted by atomic mass is 35.5. The summed E-state index contributed by atoms with van der Waals surface area (Å²) >= 11 is 13.4. The molecule has 0 saturated carbocycles. The summed E-state index contributed by atoms with van der Waals surface area (Å²) in [5.41, 5.74) is 6.36. The van der Waals surface area contributed by atoms with Gasteiger partial charge in [0.25, 0.3) is 0 Å². The van der Waals surface area contributed by atoms with Gasteiger partial charge in [0.15, 0.2) is 0 Å². The Balaban J connectivity index is 2.97. The topological polar surface area (TPSA) is 26.0 Å². The van der Waals surface area contributed by atoms with E-state index in [4.69, 9.17) is 28.9 Å². The lowest BCUT2D eigenvalue weighted by molar-refractivity contribution is 1.79. The molecule has 0 bridgehead atoms. The molecule has 0 unspecified atom stereocenters. The molecule has 2 N–H and O–H groups in total. The van der Waals surface area contributed by atoms with Crippen LogP contribution in [-0.2, 0) is 0 Å². The van der Waals surface area contributed by atoms with Crippen molar-refractivity contribution in [2.75, 3.05) is 5.73 Å². The maximum atomic E-state index is 5.95. The van der Waals surface area contributed by atoms with Crippen molar-refractivity contribution in [3.63, 3.8) is 0 Å². The lowest BCUT2D eigenvalue weighted by Gasteiger charge is -2.00. The van der Waals surface area contributed by atoms with Crippen LogP contribution in [0.1, 0.15) is 0 Å². The molecule has 0 aliphatic heterocycles. The number of nitrogens with two attached hydrogens (primary N) is 1. The van der Waals surface area contributed by atoms with Crippen molar-refractivity contribution in [1.29, 1.82) is 0 Å². The summed E-state index contributed by atoms with van der Waals surface area (Å²) in [6, 6.07) is 3.60. The number of nitrogen functional groups attached to an aromatic ring is 1. The summed E-state index contributed by atoms with van der Waals surface area (Å²) in [5.74, 6) is 0. The molecule has 1 aromatic heterocycles. The van der Waals surface area contributed by atoms with Crippen LogP contribution >= 0.6 is 34.5 Å². The highest BCUT2D eigenvalue weighted by Crippen LogP contribution is 2.37. The number of rotatable bonds is 0. The van der Waals surface area contributed by atoms with Crippen LogP contribution in [0.4, 0.5) is 5.69 Å². The normalized spacial score (nSPS) is 10.8. The lowest BCUT2D eigenvalue weighted by Crippen LogP contribution is -1.86. The van der Waals surface area contributed by atoms with E-state index in [1.807, 2.05) is 11.4 Å². The second-order valence-electron chi connectivity index (χ2n) is 2.42. The minimum Gasteiger partial charge on any atom is -0.397 e. The predicted octanol–water partition coefficient (Wildman–Crippen LogP) is 3.79. The van der Waals surface area contributed by atoms with Gasteiger partial charge in [-0.3, -0.25) is 0 Å². The molecule has 2 aromatic rings. The van der Waals surface area contributed by atoms with Crippen LogP contribution in [-0.4, -0.2) is 0 Å². The predicted molar refractivity (Wildman–Crippen MR) is 56.3 cm³/mol. The number of benzene rings is 1. The van der Waals surface area contributed by atoms with Gasteiger partial charge in [0.1, 0.15) is 0 Å². The molecular weight excluding hydrogens is 213 g/mol. The van der Waals surface area contributed by atoms with Crippen molar-refractivity contribution >= 4 is 50.3 Å². The molecule has 2 rings (SSSR count). The summed E-state index contributed by atoms with van der Waals surface area (Å²) in [5, 5.41) is 4.08. The van der Waals surface area contributed by atoms with E-state index < -0.39 is 0 Å². The Morgan fingerprint density at radius 1 is 1.25 bits per heavy atom. The van der Waals surface area contributed by atoms with Gasteiger partial charge in [-0.25, -0.2) is 0 Å². The highest BCUT2D eigenvalue weighted by molar-refractivity contribution is 7.18. The van der Waals surface area contributed by atoms with E-state index in [1.54, 1.807) is 17.4 Å². The van der Waals surface area contributed by atoms with E-state index in [0.717, 1.165) is 10.1 Å². The van der Waals surface area contributed by atoms with Gasteiger partial charge in [-0.2, -0.15) is 0 Å². The maximum Gasteiger partial charge on any atom is 0.0657 e. The van der Waals surface area contributed by atoms with Crippen LogP contribution < -0.4 is 5.73 Å². The molecule has 0 radical (unpaired) electrons. The van der Waals surface area contributed by atoms with Gasteiger partial charge in [0.05, 0.1) is 20.4 Å². The van der Waals surface area contributed by atoms with Gasteiger partial charge in [-0.05, 0) is 17.5 Å². The smallest absolute Gasteiger partial charge is 0.0657 e. The van der Waals surface area contributed by atoms with Crippen molar-refractivity contribution < 1.29 is 0 Å². The molecule has 0 spiro atoms. The summed E-state index contributed by atoms with van der Waals surface area (Å²) in [7, 11) is 0. The Labute approximate surface area is 83.7 Å². The summed E-state index contributed by atoms with van der Waals surface area (Å²) in [6.07, 6.45) is 0. The molecule has 0 aliphatic carbocycles. The Kier molecular flexibility index (Phi) is 1.91. The molecule has 1 heterocycles. The Bertz CT molecular complexity index is 436. The third-order valence-electron chi connectivity index (χ3n) is 1.68. The zero-order valence-corrected chi connectivity index (χ0v) is 8.30. The first kappa shape index (κ1) is 8.17. The first-order chi connectivity index (χ1) is 5.70. The fourth-order valence-electron chi connectivity index (χ4n) is 1.09. The fraction of sp³-hybridized carbons (Fsp3) is 0. The molecule has 0 saturated heterocycles. The van der Waals surface area contributed by atoms with Gasteiger partial charge in [0.2, 0.25) is 0 Å². The zero-order valence-electron chi connectivity index (χ0n) is 5.97. The first-order valence-corrected chi connectivity index (χ1v) is 4.94. The highest BCUT2D eigenvalue weighted by Gasteiger charge is 2.07. The number of anilines is 1.